The van der Waals surface area contributed by atoms with E-state index in [4.69, 9.17) is 0 Å². The first-order valence-corrected chi connectivity index (χ1v) is 6.12. The standard InChI is InChI=1S/C15H25N/c1-11-7-8-14(9-12(11)2)13(3)10-16-15(4,5)6/h7-9,13,16H,10H2,1-6H3. The largest absolute Gasteiger partial charge is 0.311 e. The van der Waals surface area contributed by atoms with E-state index >= 15 is 0 Å². The van der Waals surface area contributed by atoms with Crippen LogP contribution in [0.15, 0.2) is 18.2 Å². The highest BCUT2D eigenvalue weighted by Crippen LogP contribution is 2.18. The van der Waals surface area contributed by atoms with E-state index in [0.29, 0.717) is 5.92 Å². The highest BCUT2D eigenvalue weighted by atomic mass is 14.9. The SMILES string of the molecule is Cc1ccc(C(C)CNC(C)(C)C)cc1C. The van der Waals surface area contributed by atoms with Crippen molar-refractivity contribution < 1.29 is 0 Å². The number of aryl methyl sites for hydroxylation is 2. The molecular formula is C15H25N. The van der Waals surface area contributed by atoms with Crippen LogP contribution in [0, 0.1) is 13.8 Å². The summed E-state index contributed by atoms with van der Waals surface area (Å²) in [7, 11) is 0. The molecular weight excluding hydrogens is 194 g/mol. The maximum absolute atomic E-state index is 3.55. The van der Waals surface area contributed by atoms with Crippen LogP contribution >= 0.6 is 0 Å². The van der Waals surface area contributed by atoms with E-state index in [0.717, 1.165) is 6.54 Å². The molecule has 1 aromatic rings. The summed E-state index contributed by atoms with van der Waals surface area (Å²) < 4.78 is 0. The molecule has 0 aromatic heterocycles. The lowest BCUT2D eigenvalue weighted by atomic mass is 9.96. The quantitative estimate of drug-likeness (QED) is 0.815. The molecule has 0 radical (unpaired) electrons. The Labute approximate surface area is 100 Å². The van der Waals surface area contributed by atoms with Crippen LogP contribution < -0.4 is 5.32 Å². The third-order valence-electron chi connectivity index (χ3n) is 3.04. The number of rotatable bonds is 3. The molecule has 0 aliphatic heterocycles. The molecule has 0 saturated carbocycles. The van der Waals surface area contributed by atoms with Crippen LogP contribution in [0.1, 0.15) is 50.3 Å². The zero-order valence-electron chi connectivity index (χ0n) is 11.5. The van der Waals surface area contributed by atoms with Gasteiger partial charge in [-0.3, -0.25) is 0 Å². The fourth-order valence-corrected chi connectivity index (χ4v) is 1.65. The normalized spacial score (nSPS) is 13.9. The molecule has 1 nitrogen and oxygen atoms in total. The van der Waals surface area contributed by atoms with Crippen LogP contribution in [-0.2, 0) is 0 Å². The van der Waals surface area contributed by atoms with Crippen molar-refractivity contribution in [2.24, 2.45) is 0 Å². The molecule has 0 spiro atoms. The topological polar surface area (TPSA) is 12.0 Å². The van der Waals surface area contributed by atoms with Crippen molar-refractivity contribution in [2.45, 2.75) is 53.0 Å². The van der Waals surface area contributed by atoms with E-state index < -0.39 is 0 Å². The third-order valence-corrected chi connectivity index (χ3v) is 3.04. The summed E-state index contributed by atoms with van der Waals surface area (Å²) in [5.74, 6) is 0.568. The average molecular weight is 219 g/mol. The van der Waals surface area contributed by atoms with Crippen molar-refractivity contribution >= 4 is 0 Å². The van der Waals surface area contributed by atoms with Crippen molar-refractivity contribution in [1.29, 1.82) is 0 Å². The van der Waals surface area contributed by atoms with Crippen LogP contribution in [-0.4, -0.2) is 12.1 Å². The van der Waals surface area contributed by atoms with Gasteiger partial charge in [0.05, 0.1) is 0 Å². The van der Waals surface area contributed by atoms with Gasteiger partial charge in [0.1, 0.15) is 0 Å². The summed E-state index contributed by atoms with van der Waals surface area (Å²) in [6.45, 7) is 14.3. The molecule has 1 heteroatoms. The summed E-state index contributed by atoms with van der Waals surface area (Å²) in [5.41, 5.74) is 4.40. The molecule has 16 heavy (non-hydrogen) atoms. The predicted octanol–water partition coefficient (Wildman–Crippen LogP) is 3.80. The van der Waals surface area contributed by atoms with Crippen LogP contribution in [0.25, 0.3) is 0 Å². The lowest BCUT2D eigenvalue weighted by Gasteiger charge is -2.24. The summed E-state index contributed by atoms with van der Waals surface area (Å²) in [6, 6.07) is 6.78. The zero-order valence-corrected chi connectivity index (χ0v) is 11.5. The monoisotopic (exact) mass is 219 g/mol. The second kappa shape index (κ2) is 5.01. The zero-order chi connectivity index (χ0) is 12.3. The Morgan fingerprint density at radius 3 is 2.25 bits per heavy atom. The summed E-state index contributed by atoms with van der Waals surface area (Å²) >= 11 is 0. The molecule has 90 valence electrons. The Hall–Kier alpha value is -0.820. The first-order chi connectivity index (χ1) is 7.29. The van der Waals surface area contributed by atoms with Crippen molar-refractivity contribution in [2.75, 3.05) is 6.54 Å². The van der Waals surface area contributed by atoms with Gasteiger partial charge in [0, 0.05) is 12.1 Å². The van der Waals surface area contributed by atoms with Gasteiger partial charge in [-0.1, -0.05) is 25.1 Å². The van der Waals surface area contributed by atoms with Gasteiger partial charge in [0.2, 0.25) is 0 Å². The van der Waals surface area contributed by atoms with E-state index in [9.17, 15) is 0 Å². The first kappa shape index (κ1) is 13.2. The summed E-state index contributed by atoms with van der Waals surface area (Å²) in [5, 5.41) is 3.55. The van der Waals surface area contributed by atoms with E-state index in [1.54, 1.807) is 0 Å². The minimum Gasteiger partial charge on any atom is -0.311 e. The number of hydrogen-bond acceptors (Lipinski definition) is 1. The maximum atomic E-state index is 3.55. The molecule has 0 amide bonds. The molecule has 1 aromatic carbocycles. The van der Waals surface area contributed by atoms with Gasteiger partial charge in [0.15, 0.2) is 0 Å². The van der Waals surface area contributed by atoms with E-state index in [-0.39, 0.29) is 5.54 Å². The highest BCUT2D eigenvalue weighted by molar-refractivity contribution is 5.31. The van der Waals surface area contributed by atoms with Crippen LogP contribution in [0.2, 0.25) is 0 Å². The molecule has 1 unspecified atom stereocenters. The Balaban J connectivity index is 2.66. The van der Waals surface area contributed by atoms with E-state index in [2.05, 4.69) is 65.1 Å². The summed E-state index contributed by atoms with van der Waals surface area (Å²) in [6.07, 6.45) is 0. The number of benzene rings is 1. The molecule has 1 rings (SSSR count). The number of nitrogens with one attached hydrogen (secondary N) is 1. The second-order valence-corrected chi connectivity index (χ2v) is 5.88. The van der Waals surface area contributed by atoms with Crippen molar-refractivity contribution in [3.63, 3.8) is 0 Å². The Bertz CT molecular complexity index is 347. The smallest absolute Gasteiger partial charge is 0.00967 e. The second-order valence-electron chi connectivity index (χ2n) is 5.88. The predicted molar refractivity (Wildman–Crippen MR) is 72.1 cm³/mol. The van der Waals surface area contributed by atoms with Gasteiger partial charge in [0.25, 0.3) is 0 Å². The lowest BCUT2D eigenvalue weighted by Crippen LogP contribution is -2.38. The highest BCUT2D eigenvalue weighted by Gasteiger charge is 2.12. The molecule has 0 saturated heterocycles. The molecule has 0 aliphatic rings. The molecule has 0 bridgehead atoms. The van der Waals surface area contributed by atoms with Gasteiger partial charge in [-0.25, -0.2) is 0 Å². The van der Waals surface area contributed by atoms with Gasteiger partial charge < -0.3 is 5.32 Å². The Morgan fingerprint density at radius 2 is 1.75 bits per heavy atom. The van der Waals surface area contributed by atoms with Gasteiger partial charge in [-0.2, -0.15) is 0 Å². The average Bonchev–Trinajstić information content (AvgIpc) is 2.17. The minimum atomic E-state index is 0.202. The maximum Gasteiger partial charge on any atom is 0.00967 e. The van der Waals surface area contributed by atoms with Crippen LogP contribution in [0.5, 0.6) is 0 Å². The Morgan fingerprint density at radius 1 is 1.12 bits per heavy atom. The fourth-order valence-electron chi connectivity index (χ4n) is 1.65. The van der Waals surface area contributed by atoms with Crippen LogP contribution in [0.3, 0.4) is 0 Å². The minimum absolute atomic E-state index is 0.202. The lowest BCUT2D eigenvalue weighted by molar-refractivity contribution is 0.412. The molecule has 0 fully saturated rings. The van der Waals surface area contributed by atoms with Crippen molar-refractivity contribution in [3.8, 4) is 0 Å². The van der Waals surface area contributed by atoms with Crippen LogP contribution in [0.4, 0.5) is 0 Å². The van der Waals surface area contributed by atoms with Crippen molar-refractivity contribution in [3.05, 3.63) is 34.9 Å². The van der Waals surface area contributed by atoms with Crippen molar-refractivity contribution in [1.82, 2.24) is 5.32 Å². The molecule has 0 heterocycles. The third kappa shape index (κ3) is 3.97. The van der Waals surface area contributed by atoms with E-state index in [1.807, 2.05) is 0 Å². The molecule has 1 N–H and O–H groups in total. The first-order valence-electron chi connectivity index (χ1n) is 6.12. The Kier molecular flexibility index (Phi) is 4.15. The van der Waals surface area contributed by atoms with Gasteiger partial charge >= 0.3 is 0 Å². The van der Waals surface area contributed by atoms with E-state index in [1.165, 1.54) is 16.7 Å². The van der Waals surface area contributed by atoms with Gasteiger partial charge in [-0.15, -0.1) is 0 Å². The van der Waals surface area contributed by atoms with Gasteiger partial charge in [-0.05, 0) is 57.2 Å². The number of hydrogen-bond donors (Lipinski definition) is 1. The fraction of sp³-hybridized carbons (Fsp3) is 0.600. The summed E-state index contributed by atoms with van der Waals surface area (Å²) in [4.78, 5) is 0. The molecule has 0 aliphatic carbocycles. The molecule has 1 atom stereocenters.